The number of nitrogens with zero attached hydrogens (tertiary/aromatic N) is 4. The SMILES string of the molecule is CC(I)OC(=O)C1=C(C(C)Sc2nn[nH]n2)CS[C@H]2C(NC(=O)CSC(F)(F)F)C(=O)N12. The van der Waals surface area contributed by atoms with Gasteiger partial charge in [-0.15, -0.1) is 22.0 Å². The highest BCUT2D eigenvalue weighted by Crippen LogP contribution is 2.44. The van der Waals surface area contributed by atoms with Crippen LogP contribution in [0.15, 0.2) is 16.4 Å². The van der Waals surface area contributed by atoms with Crippen LogP contribution in [0.3, 0.4) is 0 Å². The molecule has 176 valence electrons. The normalized spacial score (nSPS) is 22.7. The molecule has 0 aliphatic carbocycles. The van der Waals surface area contributed by atoms with Crippen molar-refractivity contribution in [2.24, 2.45) is 0 Å². The quantitative estimate of drug-likeness (QED) is 0.146. The van der Waals surface area contributed by atoms with Crippen LogP contribution in [0.25, 0.3) is 0 Å². The van der Waals surface area contributed by atoms with Gasteiger partial charge in [0.05, 0.1) is 5.75 Å². The third-order valence-corrected chi connectivity index (χ3v) is 7.55. The third kappa shape index (κ3) is 6.02. The summed E-state index contributed by atoms with van der Waals surface area (Å²) >= 11 is 3.95. The van der Waals surface area contributed by atoms with Crippen LogP contribution in [0.2, 0.25) is 0 Å². The molecule has 0 aromatic carbocycles. The van der Waals surface area contributed by atoms with Crippen molar-refractivity contribution in [3.63, 3.8) is 0 Å². The van der Waals surface area contributed by atoms with Crippen LogP contribution < -0.4 is 5.32 Å². The van der Waals surface area contributed by atoms with Gasteiger partial charge >= 0.3 is 11.5 Å². The highest BCUT2D eigenvalue weighted by Gasteiger charge is 2.55. The van der Waals surface area contributed by atoms with Crippen LogP contribution in [0.4, 0.5) is 13.2 Å². The third-order valence-electron chi connectivity index (χ3n) is 4.24. The number of carbonyl (C=O) groups excluding carboxylic acids is 3. The lowest BCUT2D eigenvalue weighted by molar-refractivity contribution is -0.152. The first kappa shape index (κ1) is 25.4. The van der Waals surface area contributed by atoms with E-state index in [1.54, 1.807) is 6.92 Å². The van der Waals surface area contributed by atoms with Crippen molar-refractivity contribution in [2.45, 2.75) is 45.3 Å². The Morgan fingerprint density at radius 2 is 2.16 bits per heavy atom. The zero-order valence-electron chi connectivity index (χ0n) is 16.4. The van der Waals surface area contributed by atoms with Crippen LogP contribution in [0.5, 0.6) is 0 Å². The van der Waals surface area contributed by atoms with Crippen molar-refractivity contribution < 1.29 is 32.3 Å². The molecular weight excluding hydrogens is 608 g/mol. The second-order valence-electron chi connectivity index (χ2n) is 6.47. The minimum absolute atomic E-state index is 0.0703. The fourth-order valence-corrected chi connectivity index (χ4v) is 5.96. The predicted molar refractivity (Wildman–Crippen MR) is 120 cm³/mol. The number of aromatic amines is 1. The van der Waals surface area contributed by atoms with E-state index in [0.717, 1.165) is 0 Å². The molecule has 32 heavy (non-hydrogen) atoms. The molecular formula is C15H16F3IN6O4S3. The summed E-state index contributed by atoms with van der Waals surface area (Å²) in [6, 6.07) is -1.03. The molecule has 1 fully saturated rings. The van der Waals surface area contributed by atoms with Gasteiger partial charge in [-0.05, 0) is 59.0 Å². The molecule has 4 atom stereocenters. The number of halogens is 4. The summed E-state index contributed by atoms with van der Waals surface area (Å²) < 4.78 is 41.8. The summed E-state index contributed by atoms with van der Waals surface area (Å²) in [5, 5.41) is 15.3. The number of carbonyl (C=O) groups is 3. The Bertz CT molecular complexity index is 917. The number of β-lactam (4-membered cyclic amide) rings is 1. The zero-order chi connectivity index (χ0) is 23.6. The molecule has 17 heteroatoms. The largest absolute Gasteiger partial charge is 0.447 e. The van der Waals surface area contributed by atoms with Gasteiger partial charge in [0.25, 0.3) is 5.91 Å². The zero-order valence-corrected chi connectivity index (χ0v) is 21.0. The molecule has 1 aromatic rings. The molecule has 3 unspecified atom stereocenters. The van der Waals surface area contributed by atoms with E-state index in [0.29, 0.717) is 16.5 Å². The maximum atomic E-state index is 12.8. The lowest BCUT2D eigenvalue weighted by Gasteiger charge is -2.50. The summed E-state index contributed by atoms with van der Waals surface area (Å²) in [5.74, 6) is -2.71. The number of nitrogens with one attached hydrogen (secondary N) is 2. The van der Waals surface area contributed by atoms with Gasteiger partial charge in [-0.2, -0.15) is 18.4 Å². The maximum absolute atomic E-state index is 12.8. The summed E-state index contributed by atoms with van der Waals surface area (Å²) in [4.78, 5) is 38.8. The van der Waals surface area contributed by atoms with Gasteiger partial charge in [0.2, 0.25) is 11.1 Å². The van der Waals surface area contributed by atoms with Gasteiger partial charge in [-0.25, -0.2) is 4.79 Å². The van der Waals surface area contributed by atoms with Crippen LogP contribution >= 0.6 is 57.9 Å². The van der Waals surface area contributed by atoms with E-state index < -0.39 is 56.3 Å². The van der Waals surface area contributed by atoms with Gasteiger partial charge in [-0.1, -0.05) is 11.8 Å². The lowest BCUT2D eigenvalue weighted by Crippen LogP contribution is -2.71. The summed E-state index contributed by atoms with van der Waals surface area (Å²) in [6.45, 7) is 3.47. The van der Waals surface area contributed by atoms with E-state index >= 15 is 0 Å². The van der Waals surface area contributed by atoms with Crippen molar-refractivity contribution in [1.82, 2.24) is 30.8 Å². The van der Waals surface area contributed by atoms with Crippen LogP contribution in [-0.4, -0.2) is 81.1 Å². The molecule has 10 nitrogen and oxygen atoms in total. The van der Waals surface area contributed by atoms with Gasteiger partial charge in [0, 0.05) is 11.0 Å². The Balaban J connectivity index is 1.78. The molecule has 0 radical (unpaired) electrons. The number of rotatable bonds is 8. The van der Waals surface area contributed by atoms with Gasteiger partial charge in [0.15, 0.2) is 0 Å². The number of fused-ring (bicyclic) bond motifs is 1. The first-order valence-electron chi connectivity index (χ1n) is 8.91. The smallest absolute Gasteiger partial charge is 0.442 e. The number of amides is 2. The lowest BCUT2D eigenvalue weighted by atomic mass is 10.0. The van der Waals surface area contributed by atoms with Crippen molar-refractivity contribution in [3.8, 4) is 0 Å². The average Bonchev–Trinajstić information content (AvgIpc) is 3.21. The Hall–Kier alpha value is -1.21. The second-order valence-corrected chi connectivity index (χ2v) is 11.7. The van der Waals surface area contributed by atoms with Crippen molar-refractivity contribution in [3.05, 3.63) is 11.3 Å². The number of ether oxygens (including phenoxy) is 1. The van der Waals surface area contributed by atoms with E-state index in [9.17, 15) is 27.6 Å². The van der Waals surface area contributed by atoms with E-state index in [4.69, 9.17) is 4.74 Å². The fourth-order valence-electron chi connectivity index (χ4n) is 2.94. The molecule has 2 aliphatic rings. The van der Waals surface area contributed by atoms with E-state index in [1.165, 1.54) is 28.4 Å². The number of H-pyrrole nitrogens is 1. The monoisotopic (exact) mass is 624 g/mol. The number of alkyl halides is 4. The van der Waals surface area contributed by atoms with E-state index in [-0.39, 0.29) is 10.9 Å². The summed E-state index contributed by atoms with van der Waals surface area (Å²) in [5.41, 5.74) is -3.86. The maximum Gasteiger partial charge on any atom is 0.442 e. The molecule has 2 aliphatic heterocycles. The molecule has 0 spiro atoms. The molecule has 2 N–H and O–H groups in total. The van der Waals surface area contributed by atoms with Crippen molar-refractivity contribution in [2.75, 3.05) is 11.5 Å². The van der Waals surface area contributed by atoms with Gasteiger partial charge in [-0.3, -0.25) is 14.5 Å². The topological polar surface area (TPSA) is 130 Å². The Kier molecular flexibility index (Phi) is 8.24. The molecule has 0 saturated carbocycles. The summed E-state index contributed by atoms with van der Waals surface area (Å²) in [7, 11) is 0. The molecule has 3 rings (SSSR count). The number of aromatic nitrogens is 4. The second kappa shape index (κ2) is 10.4. The molecule has 3 heterocycles. The first-order chi connectivity index (χ1) is 15.0. The van der Waals surface area contributed by atoms with Crippen LogP contribution in [-0.2, 0) is 19.1 Å². The minimum atomic E-state index is -4.55. The fraction of sp³-hybridized carbons (Fsp3) is 0.600. The van der Waals surface area contributed by atoms with Gasteiger partial charge in [0.1, 0.15) is 21.2 Å². The highest BCUT2D eigenvalue weighted by atomic mass is 127. The first-order valence-corrected chi connectivity index (χ1v) is 13.1. The average molecular weight is 624 g/mol. The number of hydrogen-bond donors (Lipinski definition) is 2. The molecule has 1 aromatic heterocycles. The highest BCUT2D eigenvalue weighted by molar-refractivity contribution is 14.1. The van der Waals surface area contributed by atoms with Crippen LogP contribution in [0, 0.1) is 0 Å². The standard InChI is InChI=1S/C15H16F3IN6O4S3/c1-5(32-14-21-23-24-22-14)7-3-30-12-9(20-8(26)4-31-15(16,17)18)11(27)25(12)10(7)13(28)29-6(2)19/h5-6,9,12H,3-4H2,1-2H3,(H,20,26)(H,21,22,23,24)/t5?,6?,9?,12-/m0/s1. The van der Waals surface area contributed by atoms with Crippen molar-refractivity contribution >= 4 is 75.7 Å². The Morgan fingerprint density at radius 1 is 1.44 bits per heavy atom. The number of thioether (sulfide) groups is 3. The Labute approximate surface area is 206 Å². The summed E-state index contributed by atoms with van der Waals surface area (Å²) in [6.07, 6.45) is 0. The van der Waals surface area contributed by atoms with E-state index in [1.807, 2.05) is 29.5 Å². The molecule has 0 bridgehead atoms. The van der Waals surface area contributed by atoms with Gasteiger partial charge < -0.3 is 10.1 Å². The number of esters is 1. The predicted octanol–water partition coefficient (Wildman–Crippen LogP) is 1.91. The van der Waals surface area contributed by atoms with Crippen molar-refractivity contribution in [1.29, 1.82) is 0 Å². The Morgan fingerprint density at radius 3 is 2.75 bits per heavy atom. The minimum Gasteiger partial charge on any atom is -0.447 e. The van der Waals surface area contributed by atoms with Crippen LogP contribution in [0.1, 0.15) is 13.8 Å². The number of hydrogen-bond acceptors (Lipinski definition) is 10. The van der Waals surface area contributed by atoms with E-state index in [2.05, 4.69) is 25.9 Å². The molecule has 2 amide bonds. The molecule has 1 saturated heterocycles. The number of tetrazole rings is 1.